The molecule has 0 fully saturated rings. The molecular weight excluding hydrogens is 1170 g/mol. The van der Waals surface area contributed by atoms with Crippen LogP contribution < -0.4 is 0 Å². The Bertz CT molecular complexity index is 1930. The minimum Gasteiger partial charge on any atom is -0.477 e. The van der Waals surface area contributed by atoms with Crippen molar-refractivity contribution in [3.05, 3.63) is 109 Å². The lowest BCUT2D eigenvalue weighted by Crippen LogP contribution is -2.40. The monoisotopic (exact) mass is 1330 g/mol. The van der Waals surface area contributed by atoms with Crippen molar-refractivity contribution in [2.24, 2.45) is 0 Å². The predicted octanol–water partition coefficient (Wildman–Crippen LogP) is 25.7. The van der Waals surface area contributed by atoms with E-state index in [2.05, 4.69) is 123 Å². The van der Waals surface area contributed by atoms with E-state index >= 15 is 0 Å². The van der Waals surface area contributed by atoms with Crippen LogP contribution in [0.3, 0.4) is 0 Å². The first-order valence-corrected chi connectivity index (χ1v) is 40.1. The normalized spacial score (nSPS) is 13.2. The third kappa shape index (κ3) is 77.2. The summed E-state index contributed by atoms with van der Waals surface area (Å²) in [5.41, 5.74) is 0. The Morgan fingerprint density at radius 1 is 0.326 bits per heavy atom. The fourth-order valence-corrected chi connectivity index (χ4v) is 11.4. The molecular formula is C86H152NO8+. The highest BCUT2D eigenvalue weighted by molar-refractivity contribution is 5.71. The van der Waals surface area contributed by atoms with Crippen molar-refractivity contribution in [3.8, 4) is 0 Å². The molecule has 548 valence electrons. The van der Waals surface area contributed by atoms with Crippen molar-refractivity contribution < 1.29 is 42.9 Å². The molecule has 0 aromatic carbocycles. The quantitative estimate of drug-likeness (QED) is 0.0211. The molecule has 0 aliphatic carbocycles. The third-order valence-corrected chi connectivity index (χ3v) is 17.5. The van der Waals surface area contributed by atoms with Gasteiger partial charge in [-0.05, 0) is 103 Å². The number of unbranched alkanes of at least 4 members (excludes halogenated alkanes) is 41. The standard InChI is InChI=1S/C86H151NO8/c1-6-8-10-12-14-16-18-20-22-24-26-28-30-32-34-36-38-40-42-44-46-48-50-52-54-56-58-60-62-64-66-68-70-72-74-76-83(88)93-80-82(81-94-86(85(90)91)92-79-78-87(3,4)5)95-84(89)77-75-73-71-69-67-65-63-61-59-57-55-53-51-49-47-45-43-41-39-37-35-33-31-29-27-25-23-21-19-17-15-13-11-9-7-2/h9,11,15,17-18,20-21,23-24,26-27,29,33,35,39,41,45,47,82,86H,6-8,10,12-14,16,19,22,25,28,30-32,34,36-38,40,42-44,46,48-81H2,1-5H3/p+1/b11-9-,17-15-,20-18-,23-21-,26-24-,29-27-,35-33-,41-39-,47-45-. The summed E-state index contributed by atoms with van der Waals surface area (Å²) >= 11 is 0. The Balaban J connectivity index is 4.03. The van der Waals surface area contributed by atoms with Crippen LogP contribution >= 0.6 is 0 Å². The predicted molar refractivity (Wildman–Crippen MR) is 410 cm³/mol. The molecule has 0 aromatic heterocycles. The highest BCUT2D eigenvalue weighted by Crippen LogP contribution is 2.19. The maximum atomic E-state index is 13.0. The van der Waals surface area contributed by atoms with Crippen LogP contribution in [0, 0.1) is 0 Å². The van der Waals surface area contributed by atoms with E-state index in [0.717, 1.165) is 96.3 Å². The highest BCUT2D eigenvalue weighted by atomic mass is 16.7. The van der Waals surface area contributed by atoms with Crippen LogP contribution in [0.2, 0.25) is 0 Å². The number of allylic oxidation sites excluding steroid dienone is 18. The number of hydrogen-bond donors (Lipinski definition) is 1. The van der Waals surface area contributed by atoms with E-state index in [9.17, 15) is 19.5 Å². The number of carboxylic acid groups (broad SMARTS) is 1. The number of carbonyl (C=O) groups excluding carboxylic acids is 2. The zero-order valence-corrected chi connectivity index (χ0v) is 62.8. The number of hydrogen-bond acceptors (Lipinski definition) is 7. The molecule has 0 aliphatic rings. The van der Waals surface area contributed by atoms with E-state index in [-0.39, 0.29) is 32.2 Å². The molecule has 0 radical (unpaired) electrons. The second kappa shape index (κ2) is 75.7. The molecule has 2 atom stereocenters. The zero-order chi connectivity index (χ0) is 69.0. The van der Waals surface area contributed by atoms with E-state index in [4.69, 9.17) is 18.9 Å². The average molecular weight is 1330 g/mol. The summed E-state index contributed by atoms with van der Waals surface area (Å²) in [7, 11) is 5.99. The summed E-state index contributed by atoms with van der Waals surface area (Å²) in [4.78, 5) is 37.7. The van der Waals surface area contributed by atoms with Gasteiger partial charge in [-0.3, -0.25) is 9.59 Å². The lowest BCUT2D eigenvalue weighted by atomic mass is 10.0. The number of carbonyl (C=O) groups is 3. The smallest absolute Gasteiger partial charge is 0.361 e. The molecule has 0 spiro atoms. The molecule has 9 heteroatoms. The van der Waals surface area contributed by atoms with Gasteiger partial charge in [-0.1, -0.05) is 354 Å². The number of carboxylic acids is 1. The molecule has 1 N–H and O–H groups in total. The van der Waals surface area contributed by atoms with Crippen LogP contribution in [0.25, 0.3) is 0 Å². The first-order valence-electron chi connectivity index (χ1n) is 40.1. The van der Waals surface area contributed by atoms with Crippen LogP contribution in [0.4, 0.5) is 0 Å². The molecule has 95 heavy (non-hydrogen) atoms. The molecule has 0 amide bonds. The van der Waals surface area contributed by atoms with Crippen LogP contribution in [0.5, 0.6) is 0 Å². The number of aliphatic carboxylic acids is 1. The van der Waals surface area contributed by atoms with Gasteiger partial charge in [0.05, 0.1) is 34.4 Å². The summed E-state index contributed by atoms with van der Waals surface area (Å²) in [5.74, 6) is -1.99. The van der Waals surface area contributed by atoms with Gasteiger partial charge in [0, 0.05) is 12.8 Å². The van der Waals surface area contributed by atoms with Crippen molar-refractivity contribution in [1.82, 2.24) is 0 Å². The molecule has 0 aliphatic heterocycles. The molecule has 9 nitrogen and oxygen atoms in total. The van der Waals surface area contributed by atoms with Gasteiger partial charge in [0.25, 0.3) is 6.29 Å². The fraction of sp³-hybridized carbons (Fsp3) is 0.756. The van der Waals surface area contributed by atoms with Crippen molar-refractivity contribution >= 4 is 17.9 Å². The first-order chi connectivity index (χ1) is 46.6. The van der Waals surface area contributed by atoms with Crippen molar-refractivity contribution in [2.75, 3.05) is 47.5 Å². The van der Waals surface area contributed by atoms with E-state index in [0.29, 0.717) is 17.4 Å². The molecule has 0 heterocycles. The minimum atomic E-state index is -1.52. The van der Waals surface area contributed by atoms with Crippen molar-refractivity contribution in [1.29, 1.82) is 0 Å². The fourth-order valence-electron chi connectivity index (χ4n) is 11.4. The van der Waals surface area contributed by atoms with Gasteiger partial charge in [-0.2, -0.15) is 0 Å². The van der Waals surface area contributed by atoms with Crippen LogP contribution in [0.15, 0.2) is 109 Å². The second-order valence-corrected chi connectivity index (χ2v) is 28.0. The Hall–Kier alpha value is -4.05. The van der Waals surface area contributed by atoms with E-state index in [1.165, 1.54) is 238 Å². The molecule has 0 aromatic rings. The lowest BCUT2D eigenvalue weighted by Gasteiger charge is -2.25. The van der Waals surface area contributed by atoms with Crippen LogP contribution in [-0.4, -0.2) is 87.4 Å². The molecule has 0 bridgehead atoms. The maximum Gasteiger partial charge on any atom is 0.361 e. The Labute approximate surface area is 587 Å². The number of ether oxygens (including phenoxy) is 4. The van der Waals surface area contributed by atoms with E-state index in [1.807, 2.05) is 21.1 Å². The largest absolute Gasteiger partial charge is 0.477 e. The number of likely N-dealkylation sites (N-methyl/N-ethyl adjacent to an activating group) is 1. The van der Waals surface area contributed by atoms with Crippen molar-refractivity contribution in [2.45, 2.75) is 373 Å². The summed E-state index contributed by atoms with van der Waals surface area (Å²) in [6, 6.07) is 0. The minimum absolute atomic E-state index is 0.183. The number of rotatable bonds is 74. The summed E-state index contributed by atoms with van der Waals surface area (Å²) < 4.78 is 23.1. The van der Waals surface area contributed by atoms with Gasteiger partial charge in [0.1, 0.15) is 13.2 Å². The maximum absolute atomic E-state index is 13.0. The van der Waals surface area contributed by atoms with Gasteiger partial charge >= 0.3 is 17.9 Å². The average Bonchev–Trinajstić information content (AvgIpc) is 3.58. The Morgan fingerprint density at radius 3 is 0.895 bits per heavy atom. The molecule has 0 rings (SSSR count). The van der Waals surface area contributed by atoms with E-state index in [1.54, 1.807) is 0 Å². The summed E-state index contributed by atoms with van der Waals surface area (Å²) in [5, 5.41) is 9.78. The van der Waals surface area contributed by atoms with Crippen LogP contribution in [-0.2, 0) is 33.3 Å². The van der Waals surface area contributed by atoms with Gasteiger partial charge < -0.3 is 28.5 Å². The number of nitrogens with zero attached hydrogens (tertiary/aromatic N) is 1. The molecule has 0 saturated carbocycles. The van der Waals surface area contributed by atoms with Gasteiger partial charge in [0.2, 0.25) is 0 Å². The Morgan fingerprint density at radius 2 is 0.600 bits per heavy atom. The lowest BCUT2D eigenvalue weighted by molar-refractivity contribution is -0.870. The topological polar surface area (TPSA) is 108 Å². The summed E-state index contributed by atoms with van der Waals surface area (Å²) in [6.45, 7) is 4.79. The Kier molecular flexibility index (Phi) is 72.5. The SMILES string of the molecule is CC/C=C\C/C=C\C/C=C\C/C=C\C/C=C\C/C=C\C/C=C\CCCCCCCCCCCCCCCC(=O)OC(COC(=O)CCCCCCCCCCCCCCCCCCCCCCCCC/C=C\C/C=C\CCCCCCC)COC(OCC[N+](C)(C)C)C(=O)O. The van der Waals surface area contributed by atoms with Gasteiger partial charge in [-0.25, -0.2) is 4.79 Å². The second-order valence-electron chi connectivity index (χ2n) is 28.0. The number of quaternary nitrogens is 1. The number of esters is 2. The third-order valence-electron chi connectivity index (χ3n) is 17.5. The van der Waals surface area contributed by atoms with Crippen molar-refractivity contribution in [3.63, 3.8) is 0 Å². The summed E-state index contributed by atoms with van der Waals surface area (Å²) in [6.07, 6.45) is 104. The zero-order valence-electron chi connectivity index (χ0n) is 62.8. The van der Waals surface area contributed by atoms with Gasteiger partial charge in [0.15, 0.2) is 6.10 Å². The highest BCUT2D eigenvalue weighted by Gasteiger charge is 2.25. The molecule has 2 unspecified atom stereocenters. The van der Waals surface area contributed by atoms with Crippen LogP contribution in [0.1, 0.15) is 361 Å². The van der Waals surface area contributed by atoms with E-state index < -0.39 is 24.3 Å². The first kappa shape index (κ1) is 91.0. The van der Waals surface area contributed by atoms with Gasteiger partial charge in [-0.15, -0.1) is 0 Å². The molecule has 0 saturated heterocycles.